The number of amides is 1. The van der Waals surface area contributed by atoms with Crippen molar-refractivity contribution in [3.63, 3.8) is 0 Å². The molecule has 0 fully saturated rings. The number of ether oxygens (including phenoxy) is 1. The molecule has 2 N–H and O–H groups in total. The lowest BCUT2D eigenvalue weighted by Gasteiger charge is -2.08. The monoisotopic (exact) mass is 326 g/mol. The zero-order valence-electron chi connectivity index (χ0n) is 12.1. The molecule has 3 rings (SSSR count). The lowest BCUT2D eigenvalue weighted by atomic mass is 10.2. The van der Waals surface area contributed by atoms with E-state index >= 15 is 0 Å². The third kappa shape index (κ3) is 4.52. The highest BCUT2D eigenvalue weighted by atomic mass is 32.1. The predicted molar refractivity (Wildman–Crippen MR) is 90.2 cm³/mol. The Morgan fingerprint density at radius 1 is 1.04 bits per heavy atom. The molecule has 1 aromatic heterocycles. The molecular formula is C16H14N4O2S. The van der Waals surface area contributed by atoms with Crippen LogP contribution in [0.25, 0.3) is 0 Å². The van der Waals surface area contributed by atoms with Crippen LogP contribution < -0.4 is 15.4 Å². The molecule has 116 valence electrons. The average molecular weight is 326 g/mol. The van der Waals surface area contributed by atoms with E-state index in [1.807, 2.05) is 54.6 Å². The number of aromatic nitrogens is 2. The zero-order valence-corrected chi connectivity index (χ0v) is 12.9. The molecule has 0 radical (unpaired) electrons. The molecule has 0 aliphatic carbocycles. The van der Waals surface area contributed by atoms with E-state index in [2.05, 4.69) is 20.8 Å². The van der Waals surface area contributed by atoms with Gasteiger partial charge in [0.05, 0.1) is 0 Å². The fourth-order valence-electron chi connectivity index (χ4n) is 1.85. The summed E-state index contributed by atoms with van der Waals surface area (Å²) >= 11 is 1.26. The second-order valence-electron chi connectivity index (χ2n) is 4.60. The molecule has 0 saturated carbocycles. The van der Waals surface area contributed by atoms with Crippen molar-refractivity contribution < 1.29 is 9.53 Å². The van der Waals surface area contributed by atoms with Crippen LogP contribution in [0.5, 0.6) is 5.75 Å². The number of hydrogen-bond acceptors (Lipinski definition) is 6. The number of benzene rings is 2. The molecule has 3 aromatic rings. The van der Waals surface area contributed by atoms with E-state index in [0.29, 0.717) is 10.9 Å². The molecule has 0 spiro atoms. The van der Waals surface area contributed by atoms with Crippen LogP contribution in [-0.2, 0) is 4.79 Å². The number of carbonyl (C=O) groups is 1. The fourth-order valence-corrected chi connectivity index (χ4v) is 2.32. The van der Waals surface area contributed by atoms with Crippen molar-refractivity contribution in [3.8, 4) is 5.75 Å². The Kier molecular flexibility index (Phi) is 4.80. The first-order valence-corrected chi connectivity index (χ1v) is 7.78. The highest BCUT2D eigenvalue weighted by molar-refractivity contribution is 7.13. The number of anilines is 3. The predicted octanol–water partition coefficient (Wildman–Crippen LogP) is 3.30. The summed E-state index contributed by atoms with van der Waals surface area (Å²) in [6, 6.07) is 17.3. The zero-order chi connectivity index (χ0) is 15.9. The second kappa shape index (κ2) is 7.37. The lowest BCUT2D eigenvalue weighted by molar-refractivity contribution is -0.118. The highest BCUT2D eigenvalue weighted by Gasteiger charge is 2.05. The summed E-state index contributed by atoms with van der Waals surface area (Å²) in [5.74, 6) is 0.351. The normalized spacial score (nSPS) is 10.1. The van der Waals surface area contributed by atoms with Gasteiger partial charge in [-0.25, -0.2) is 0 Å². The van der Waals surface area contributed by atoms with Crippen LogP contribution in [0.2, 0.25) is 0 Å². The number of para-hydroxylation sites is 1. The SMILES string of the molecule is O=C(COc1ccc(Nc2ccccc2)cc1)Nc1nncs1. The number of rotatable bonds is 6. The topological polar surface area (TPSA) is 76.1 Å². The van der Waals surface area contributed by atoms with Crippen LogP contribution in [0.3, 0.4) is 0 Å². The molecule has 0 saturated heterocycles. The first kappa shape index (κ1) is 15.0. The van der Waals surface area contributed by atoms with E-state index in [-0.39, 0.29) is 12.5 Å². The van der Waals surface area contributed by atoms with Gasteiger partial charge in [-0.3, -0.25) is 10.1 Å². The van der Waals surface area contributed by atoms with Crippen LogP contribution in [0.1, 0.15) is 0 Å². The smallest absolute Gasteiger partial charge is 0.264 e. The Morgan fingerprint density at radius 3 is 2.48 bits per heavy atom. The highest BCUT2D eigenvalue weighted by Crippen LogP contribution is 2.19. The minimum absolute atomic E-state index is 0.0783. The van der Waals surface area contributed by atoms with E-state index in [0.717, 1.165) is 11.4 Å². The largest absolute Gasteiger partial charge is 0.484 e. The molecule has 7 heteroatoms. The van der Waals surface area contributed by atoms with Crippen molar-refractivity contribution in [2.24, 2.45) is 0 Å². The van der Waals surface area contributed by atoms with Gasteiger partial charge in [-0.1, -0.05) is 29.5 Å². The molecule has 0 aliphatic rings. The molecular weight excluding hydrogens is 312 g/mol. The fraction of sp³-hybridized carbons (Fsp3) is 0.0625. The molecule has 0 unspecified atom stereocenters. The Morgan fingerprint density at radius 2 is 1.78 bits per heavy atom. The maximum absolute atomic E-state index is 11.7. The summed E-state index contributed by atoms with van der Waals surface area (Å²) in [7, 11) is 0. The Labute approximate surface area is 137 Å². The molecule has 0 atom stereocenters. The molecule has 23 heavy (non-hydrogen) atoms. The molecule has 1 heterocycles. The van der Waals surface area contributed by atoms with Gasteiger partial charge in [-0.15, -0.1) is 10.2 Å². The summed E-state index contributed by atoms with van der Waals surface area (Å²) in [5, 5.41) is 13.7. The van der Waals surface area contributed by atoms with Gasteiger partial charge in [0.25, 0.3) is 5.91 Å². The van der Waals surface area contributed by atoms with Crippen LogP contribution in [0.4, 0.5) is 16.5 Å². The van der Waals surface area contributed by atoms with Crippen LogP contribution in [-0.4, -0.2) is 22.7 Å². The number of carbonyl (C=O) groups excluding carboxylic acids is 1. The van der Waals surface area contributed by atoms with Crippen molar-refractivity contribution in [1.82, 2.24) is 10.2 Å². The minimum Gasteiger partial charge on any atom is -0.484 e. The van der Waals surface area contributed by atoms with E-state index in [4.69, 9.17) is 4.74 Å². The van der Waals surface area contributed by atoms with Gasteiger partial charge in [0.15, 0.2) is 6.61 Å². The minimum atomic E-state index is -0.270. The number of nitrogens with one attached hydrogen (secondary N) is 2. The third-order valence-corrected chi connectivity index (χ3v) is 3.50. The van der Waals surface area contributed by atoms with Gasteiger partial charge in [0.2, 0.25) is 5.13 Å². The summed E-state index contributed by atoms with van der Waals surface area (Å²) in [6.45, 7) is -0.0783. The molecule has 0 bridgehead atoms. The first-order chi connectivity index (χ1) is 11.3. The van der Waals surface area contributed by atoms with Gasteiger partial charge in [-0.2, -0.15) is 0 Å². The molecule has 0 aliphatic heterocycles. The summed E-state index contributed by atoms with van der Waals surface area (Å²) < 4.78 is 5.44. The standard InChI is InChI=1S/C16H14N4O2S/c21-15(19-16-20-17-11-23-16)10-22-14-8-6-13(7-9-14)18-12-4-2-1-3-5-12/h1-9,11,18H,10H2,(H,19,20,21). The maximum Gasteiger partial charge on any atom is 0.264 e. The van der Waals surface area contributed by atoms with E-state index in [1.54, 1.807) is 5.51 Å². The maximum atomic E-state index is 11.7. The van der Waals surface area contributed by atoms with Crippen molar-refractivity contribution in [3.05, 3.63) is 60.1 Å². The number of hydrogen-bond donors (Lipinski definition) is 2. The van der Waals surface area contributed by atoms with Gasteiger partial charge < -0.3 is 10.1 Å². The van der Waals surface area contributed by atoms with Crippen LogP contribution in [0.15, 0.2) is 60.1 Å². The molecule has 1 amide bonds. The summed E-state index contributed by atoms with van der Waals surface area (Å²) in [4.78, 5) is 11.7. The van der Waals surface area contributed by atoms with Crippen molar-refractivity contribution in [1.29, 1.82) is 0 Å². The number of nitrogens with zero attached hydrogens (tertiary/aromatic N) is 2. The summed E-state index contributed by atoms with van der Waals surface area (Å²) in [6.07, 6.45) is 0. The third-order valence-electron chi connectivity index (χ3n) is 2.89. The van der Waals surface area contributed by atoms with E-state index in [1.165, 1.54) is 11.3 Å². The Balaban J connectivity index is 1.50. The van der Waals surface area contributed by atoms with Gasteiger partial charge >= 0.3 is 0 Å². The van der Waals surface area contributed by atoms with Crippen LogP contribution >= 0.6 is 11.3 Å². The van der Waals surface area contributed by atoms with Crippen molar-refractivity contribution >= 4 is 33.8 Å². The average Bonchev–Trinajstić information content (AvgIpc) is 3.08. The van der Waals surface area contributed by atoms with E-state index in [9.17, 15) is 4.79 Å². The second-order valence-corrected chi connectivity index (χ2v) is 5.43. The Hall–Kier alpha value is -2.93. The van der Waals surface area contributed by atoms with Crippen LogP contribution in [0, 0.1) is 0 Å². The van der Waals surface area contributed by atoms with Crippen molar-refractivity contribution in [2.45, 2.75) is 0 Å². The van der Waals surface area contributed by atoms with Crippen molar-refractivity contribution in [2.75, 3.05) is 17.2 Å². The quantitative estimate of drug-likeness (QED) is 0.727. The molecule has 2 aromatic carbocycles. The molecule has 6 nitrogen and oxygen atoms in total. The summed E-state index contributed by atoms with van der Waals surface area (Å²) in [5.41, 5.74) is 3.51. The Bertz CT molecular complexity index is 746. The van der Waals surface area contributed by atoms with Gasteiger partial charge in [0, 0.05) is 11.4 Å². The first-order valence-electron chi connectivity index (χ1n) is 6.90. The lowest BCUT2D eigenvalue weighted by Crippen LogP contribution is -2.20. The van der Waals surface area contributed by atoms with E-state index < -0.39 is 0 Å². The van der Waals surface area contributed by atoms with Gasteiger partial charge in [-0.05, 0) is 36.4 Å². The van der Waals surface area contributed by atoms with Gasteiger partial charge in [0.1, 0.15) is 11.3 Å².